The minimum absolute atomic E-state index is 0.467. The molecule has 3 heterocycles. The smallest absolute Gasteiger partial charge is 0.208 e. The molecule has 29 heavy (non-hydrogen) atoms. The molecule has 1 aromatic carbocycles. The van der Waals surface area contributed by atoms with E-state index < -0.39 is 0 Å². The minimum atomic E-state index is 0.467. The molecule has 1 aliphatic heterocycles. The van der Waals surface area contributed by atoms with Crippen LogP contribution in [0.3, 0.4) is 0 Å². The van der Waals surface area contributed by atoms with Crippen LogP contribution in [-0.4, -0.2) is 58.8 Å². The molecular weight excluding hydrogens is 362 g/mol. The van der Waals surface area contributed by atoms with Gasteiger partial charge in [0.1, 0.15) is 5.52 Å². The van der Waals surface area contributed by atoms with Crippen molar-refractivity contribution < 1.29 is 4.74 Å². The van der Waals surface area contributed by atoms with Crippen molar-refractivity contribution >= 4 is 17.1 Å². The number of likely N-dealkylation sites (tertiary alicyclic amines) is 1. The molecule has 1 aliphatic rings. The van der Waals surface area contributed by atoms with Crippen LogP contribution < -0.4 is 4.90 Å². The first-order valence-corrected chi connectivity index (χ1v) is 10.6. The molecule has 0 amide bonds. The number of ether oxygens (including phenoxy) is 1. The van der Waals surface area contributed by atoms with E-state index in [4.69, 9.17) is 9.72 Å². The zero-order valence-corrected chi connectivity index (χ0v) is 17.5. The summed E-state index contributed by atoms with van der Waals surface area (Å²) in [6, 6.07) is 15.2. The van der Waals surface area contributed by atoms with E-state index in [1.807, 2.05) is 19.2 Å². The first kappa shape index (κ1) is 19.9. The molecule has 0 N–H and O–H groups in total. The first-order valence-electron chi connectivity index (χ1n) is 10.6. The summed E-state index contributed by atoms with van der Waals surface area (Å²) in [6.07, 6.45) is 4.14. The number of anilines is 1. The molecule has 0 saturated carbocycles. The number of hydrogen-bond donors (Lipinski definition) is 0. The molecule has 6 heteroatoms. The van der Waals surface area contributed by atoms with Gasteiger partial charge in [-0.05, 0) is 57.6 Å². The zero-order valence-electron chi connectivity index (χ0n) is 17.5. The number of nitrogens with zero attached hydrogens (tertiary/aromatic N) is 5. The lowest BCUT2D eigenvalue weighted by molar-refractivity contribution is 0.139. The van der Waals surface area contributed by atoms with Gasteiger partial charge < -0.3 is 14.5 Å². The Morgan fingerprint density at radius 1 is 1.10 bits per heavy atom. The highest BCUT2D eigenvalue weighted by molar-refractivity contribution is 5.74. The highest BCUT2D eigenvalue weighted by Crippen LogP contribution is 2.28. The second-order valence-corrected chi connectivity index (χ2v) is 7.75. The maximum absolute atomic E-state index is 5.67. The van der Waals surface area contributed by atoms with Crippen molar-refractivity contribution in [2.75, 3.05) is 38.3 Å². The van der Waals surface area contributed by atoms with Crippen molar-refractivity contribution in [2.24, 2.45) is 0 Å². The van der Waals surface area contributed by atoms with Gasteiger partial charge in [-0.3, -0.25) is 4.57 Å². The maximum Gasteiger partial charge on any atom is 0.208 e. The van der Waals surface area contributed by atoms with Gasteiger partial charge >= 0.3 is 0 Å². The molecule has 3 aromatic rings. The number of imidazole rings is 1. The van der Waals surface area contributed by atoms with Crippen LogP contribution in [0.2, 0.25) is 0 Å². The Morgan fingerprint density at radius 2 is 1.90 bits per heavy atom. The number of rotatable bonds is 8. The normalized spacial score (nSPS) is 15.8. The molecule has 0 bridgehead atoms. The maximum atomic E-state index is 5.67. The van der Waals surface area contributed by atoms with Gasteiger partial charge in [0.25, 0.3) is 0 Å². The van der Waals surface area contributed by atoms with Crippen molar-refractivity contribution in [3.05, 3.63) is 54.2 Å². The topological polar surface area (TPSA) is 46.4 Å². The van der Waals surface area contributed by atoms with E-state index in [1.165, 1.54) is 5.56 Å². The van der Waals surface area contributed by atoms with Gasteiger partial charge in [-0.15, -0.1) is 0 Å². The summed E-state index contributed by atoms with van der Waals surface area (Å²) in [5.41, 5.74) is 3.20. The summed E-state index contributed by atoms with van der Waals surface area (Å²) < 4.78 is 7.91. The quantitative estimate of drug-likeness (QED) is 0.548. The summed E-state index contributed by atoms with van der Waals surface area (Å²) in [6.45, 7) is 7.27. The Labute approximate surface area is 173 Å². The predicted octanol–water partition coefficient (Wildman–Crippen LogP) is 3.57. The van der Waals surface area contributed by atoms with Gasteiger partial charge in [0.05, 0.1) is 13.2 Å². The Bertz CT molecular complexity index is 902. The summed E-state index contributed by atoms with van der Waals surface area (Å²) in [7, 11) is 2.21. The second kappa shape index (κ2) is 9.37. The fourth-order valence-electron chi connectivity index (χ4n) is 4.12. The van der Waals surface area contributed by atoms with Crippen molar-refractivity contribution in [3.63, 3.8) is 0 Å². The van der Waals surface area contributed by atoms with Crippen molar-refractivity contribution in [3.8, 4) is 0 Å². The molecule has 6 nitrogen and oxygen atoms in total. The van der Waals surface area contributed by atoms with E-state index in [0.29, 0.717) is 12.6 Å². The second-order valence-electron chi connectivity index (χ2n) is 7.75. The van der Waals surface area contributed by atoms with Crippen LogP contribution in [0.25, 0.3) is 11.2 Å². The molecule has 2 aromatic heterocycles. The Hall–Kier alpha value is -2.44. The zero-order chi connectivity index (χ0) is 20.1. The third kappa shape index (κ3) is 4.60. The van der Waals surface area contributed by atoms with E-state index >= 15 is 0 Å². The summed E-state index contributed by atoms with van der Waals surface area (Å²) in [5, 5.41) is 0. The molecule has 1 fully saturated rings. The van der Waals surface area contributed by atoms with Gasteiger partial charge in [-0.2, -0.15) is 0 Å². The standard InChI is InChI=1S/C23H31N5O/c1-3-29-17-16-27-22-21(10-7-13-24-22)25-23(27)28(18-19-8-5-4-6-9-19)20-11-14-26(2)15-12-20/h4-10,13,20H,3,11-12,14-18H2,1-2H3. The summed E-state index contributed by atoms with van der Waals surface area (Å²) in [5.74, 6) is 1.01. The van der Waals surface area contributed by atoms with Crippen molar-refractivity contribution in [1.29, 1.82) is 0 Å². The highest BCUT2D eigenvalue weighted by atomic mass is 16.5. The van der Waals surface area contributed by atoms with Crippen LogP contribution in [-0.2, 0) is 17.8 Å². The molecule has 0 radical (unpaired) electrons. The number of fused-ring (bicyclic) bond motifs is 1. The Kier molecular flexibility index (Phi) is 6.42. The minimum Gasteiger partial charge on any atom is -0.380 e. The number of pyridine rings is 1. The molecule has 4 rings (SSSR count). The molecule has 1 saturated heterocycles. The highest BCUT2D eigenvalue weighted by Gasteiger charge is 2.28. The molecular formula is C23H31N5O. The summed E-state index contributed by atoms with van der Waals surface area (Å²) >= 11 is 0. The van der Waals surface area contributed by atoms with E-state index in [2.05, 4.69) is 62.8 Å². The van der Waals surface area contributed by atoms with E-state index in [1.54, 1.807) is 0 Å². The molecule has 154 valence electrons. The Morgan fingerprint density at radius 3 is 2.66 bits per heavy atom. The number of benzene rings is 1. The monoisotopic (exact) mass is 393 g/mol. The van der Waals surface area contributed by atoms with Crippen LogP contribution in [0.5, 0.6) is 0 Å². The van der Waals surface area contributed by atoms with Gasteiger partial charge in [0, 0.05) is 25.4 Å². The van der Waals surface area contributed by atoms with Gasteiger partial charge in [-0.25, -0.2) is 9.97 Å². The van der Waals surface area contributed by atoms with E-state index in [9.17, 15) is 0 Å². The number of aromatic nitrogens is 3. The SMILES string of the molecule is CCOCCn1c(N(Cc2ccccc2)C2CCN(C)CC2)nc2cccnc21. The van der Waals surface area contributed by atoms with Gasteiger partial charge in [-0.1, -0.05) is 30.3 Å². The fourth-order valence-corrected chi connectivity index (χ4v) is 4.12. The van der Waals surface area contributed by atoms with Crippen molar-refractivity contribution in [2.45, 2.75) is 38.9 Å². The average Bonchev–Trinajstić information content (AvgIpc) is 3.12. The predicted molar refractivity (Wildman–Crippen MR) is 117 cm³/mol. The van der Waals surface area contributed by atoms with Crippen LogP contribution in [0.15, 0.2) is 48.7 Å². The third-order valence-electron chi connectivity index (χ3n) is 5.73. The van der Waals surface area contributed by atoms with Crippen LogP contribution in [0.1, 0.15) is 25.3 Å². The average molecular weight is 394 g/mol. The lowest BCUT2D eigenvalue weighted by atomic mass is 10.0. The van der Waals surface area contributed by atoms with Crippen LogP contribution in [0.4, 0.5) is 5.95 Å². The third-order valence-corrected chi connectivity index (χ3v) is 5.73. The molecule has 0 unspecified atom stereocenters. The van der Waals surface area contributed by atoms with Gasteiger partial charge in [0.2, 0.25) is 5.95 Å². The molecule has 0 spiro atoms. The number of hydrogen-bond acceptors (Lipinski definition) is 5. The lowest BCUT2D eigenvalue weighted by Gasteiger charge is -2.38. The van der Waals surface area contributed by atoms with E-state index in [0.717, 1.165) is 62.7 Å². The first-order chi connectivity index (χ1) is 14.3. The summed E-state index contributed by atoms with van der Waals surface area (Å²) in [4.78, 5) is 14.6. The molecule has 0 aliphatic carbocycles. The lowest BCUT2D eigenvalue weighted by Crippen LogP contribution is -2.44. The largest absolute Gasteiger partial charge is 0.380 e. The van der Waals surface area contributed by atoms with Crippen molar-refractivity contribution in [1.82, 2.24) is 19.4 Å². The Balaban J connectivity index is 1.72. The van der Waals surface area contributed by atoms with Crippen LogP contribution >= 0.6 is 0 Å². The number of piperidine rings is 1. The fraction of sp³-hybridized carbons (Fsp3) is 0.478. The van der Waals surface area contributed by atoms with E-state index in [-0.39, 0.29) is 0 Å². The molecule has 0 atom stereocenters. The van der Waals surface area contributed by atoms with Crippen LogP contribution in [0, 0.1) is 0 Å². The van der Waals surface area contributed by atoms with Gasteiger partial charge in [0.15, 0.2) is 5.65 Å².